The average molecular weight is 180 g/mol. The Morgan fingerprint density at radius 1 is 1.36 bits per heavy atom. The summed E-state index contributed by atoms with van der Waals surface area (Å²) in [5.41, 5.74) is 0. The van der Waals surface area contributed by atoms with Gasteiger partial charge in [-0.3, -0.25) is 4.18 Å². The van der Waals surface area contributed by atoms with Crippen LogP contribution in [0.1, 0.15) is 27.2 Å². The van der Waals surface area contributed by atoms with E-state index < -0.39 is 10.1 Å². The van der Waals surface area contributed by atoms with Crippen molar-refractivity contribution in [3.8, 4) is 0 Å². The van der Waals surface area contributed by atoms with Gasteiger partial charge in [0.05, 0.1) is 12.4 Å². The molecule has 3 nitrogen and oxygen atoms in total. The maximum atomic E-state index is 10.6. The standard InChI is InChI=1S/C7H16O3S/c1-5-6(2)7(3)10-11(4,8)9/h6-7H,5H2,1-4H3. The van der Waals surface area contributed by atoms with Gasteiger partial charge in [0.25, 0.3) is 10.1 Å². The summed E-state index contributed by atoms with van der Waals surface area (Å²) in [6, 6.07) is 0. The van der Waals surface area contributed by atoms with Crippen LogP contribution in [0.25, 0.3) is 0 Å². The van der Waals surface area contributed by atoms with Crippen molar-refractivity contribution in [3.05, 3.63) is 0 Å². The van der Waals surface area contributed by atoms with E-state index in [1.165, 1.54) is 0 Å². The van der Waals surface area contributed by atoms with E-state index in [1.54, 1.807) is 6.92 Å². The highest BCUT2D eigenvalue weighted by Gasteiger charge is 2.15. The minimum Gasteiger partial charge on any atom is -0.267 e. The second-order valence-corrected chi connectivity index (χ2v) is 4.49. The van der Waals surface area contributed by atoms with Crippen LogP contribution in [0.4, 0.5) is 0 Å². The van der Waals surface area contributed by atoms with Gasteiger partial charge in [0, 0.05) is 0 Å². The zero-order valence-electron chi connectivity index (χ0n) is 7.49. The molecule has 2 unspecified atom stereocenters. The molecule has 0 N–H and O–H groups in total. The van der Waals surface area contributed by atoms with Gasteiger partial charge in [-0.1, -0.05) is 20.3 Å². The first-order chi connectivity index (χ1) is 4.87. The van der Waals surface area contributed by atoms with E-state index in [-0.39, 0.29) is 12.0 Å². The van der Waals surface area contributed by atoms with Gasteiger partial charge < -0.3 is 0 Å². The van der Waals surface area contributed by atoms with Crippen molar-refractivity contribution in [1.82, 2.24) is 0 Å². The van der Waals surface area contributed by atoms with Crippen molar-refractivity contribution in [1.29, 1.82) is 0 Å². The van der Waals surface area contributed by atoms with E-state index in [0.29, 0.717) is 0 Å². The third kappa shape index (κ3) is 5.21. The van der Waals surface area contributed by atoms with Gasteiger partial charge in [-0.05, 0) is 12.8 Å². The largest absolute Gasteiger partial charge is 0.267 e. The maximum absolute atomic E-state index is 10.6. The summed E-state index contributed by atoms with van der Waals surface area (Å²) in [6.07, 6.45) is 1.79. The first-order valence-corrected chi connectivity index (χ1v) is 5.56. The summed E-state index contributed by atoms with van der Waals surface area (Å²) in [7, 11) is -3.28. The first kappa shape index (κ1) is 10.9. The van der Waals surface area contributed by atoms with Gasteiger partial charge in [-0.25, -0.2) is 0 Å². The topological polar surface area (TPSA) is 43.4 Å². The van der Waals surface area contributed by atoms with Crippen LogP contribution in [0, 0.1) is 5.92 Å². The molecular weight excluding hydrogens is 164 g/mol. The van der Waals surface area contributed by atoms with Crippen LogP contribution in [0.3, 0.4) is 0 Å². The molecular formula is C7H16O3S. The second-order valence-electron chi connectivity index (χ2n) is 2.89. The molecule has 0 saturated carbocycles. The molecule has 11 heavy (non-hydrogen) atoms. The molecule has 0 fully saturated rings. The lowest BCUT2D eigenvalue weighted by molar-refractivity contribution is 0.167. The van der Waals surface area contributed by atoms with E-state index in [1.807, 2.05) is 13.8 Å². The van der Waals surface area contributed by atoms with Crippen LogP contribution < -0.4 is 0 Å². The van der Waals surface area contributed by atoms with E-state index >= 15 is 0 Å². The molecule has 0 aromatic heterocycles. The number of rotatable bonds is 4. The Morgan fingerprint density at radius 2 is 1.82 bits per heavy atom. The highest BCUT2D eigenvalue weighted by atomic mass is 32.2. The van der Waals surface area contributed by atoms with Crippen LogP contribution in [-0.2, 0) is 14.3 Å². The molecule has 0 aliphatic carbocycles. The molecule has 0 rings (SSSR count). The molecule has 0 aromatic carbocycles. The summed E-state index contributed by atoms with van der Waals surface area (Å²) in [5.74, 6) is 0.282. The zero-order valence-corrected chi connectivity index (χ0v) is 8.31. The lowest BCUT2D eigenvalue weighted by Crippen LogP contribution is -2.20. The molecule has 2 atom stereocenters. The van der Waals surface area contributed by atoms with E-state index in [2.05, 4.69) is 0 Å². The SMILES string of the molecule is CCC(C)C(C)OS(C)(=O)=O. The van der Waals surface area contributed by atoms with Crippen molar-refractivity contribution in [2.24, 2.45) is 5.92 Å². The van der Waals surface area contributed by atoms with Crippen LogP contribution >= 0.6 is 0 Å². The summed E-state index contributed by atoms with van der Waals surface area (Å²) in [6.45, 7) is 5.75. The van der Waals surface area contributed by atoms with Crippen molar-refractivity contribution in [2.75, 3.05) is 6.26 Å². The van der Waals surface area contributed by atoms with Gasteiger partial charge >= 0.3 is 0 Å². The van der Waals surface area contributed by atoms with Gasteiger partial charge in [-0.15, -0.1) is 0 Å². The van der Waals surface area contributed by atoms with E-state index in [4.69, 9.17) is 4.18 Å². The zero-order chi connectivity index (χ0) is 9.07. The second kappa shape index (κ2) is 4.07. The number of hydrogen-bond acceptors (Lipinski definition) is 3. The van der Waals surface area contributed by atoms with E-state index in [9.17, 15) is 8.42 Å². The Hall–Kier alpha value is -0.0900. The summed E-state index contributed by atoms with van der Waals surface area (Å²) in [5, 5.41) is 0. The maximum Gasteiger partial charge on any atom is 0.264 e. The molecule has 0 bridgehead atoms. The summed E-state index contributed by atoms with van der Waals surface area (Å²) >= 11 is 0. The third-order valence-corrected chi connectivity index (χ3v) is 2.43. The molecule has 0 aliphatic rings. The first-order valence-electron chi connectivity index (χ1n) is 3.75. The fraction of sp³-hybridized carbons (Fsp3) is 1.00. The highest BCUT2D eigenvalue weighted by Crippen LogP contribution is 2.12. The highest BCUT2D eigenvalue weighted by molar-refractivity contribution is 7.86. The van der Waals surface area contributed by atoms with Crippen LogP contribution in [0.2, 0.25) is 0 Å². The molecule has 0 aromatic rings. The lowest BCUT2D eigenvalue weighted by atomic mass is 10.0. The predicted octanol–water partition coefficient (Wildman–Crippen LogP) is 1.40. The molecule has 68 valence electrons. The van der Waals surface area contributed by atoms with Crippen LogP contribution in [0.5, 0.6) is 0 Å². The molecule has 0 spiro atoms. The summed E-state index contributed by atoms with van der Waals surface area (Å²) in [4.78, 5) is 0. The smallest absolute Gasteiger partial charge is 0.264 e. The number of hydrogen-bond donors (Lipinski definition) is 0. The Morgan fingerprint density at radius 3 is 2.09 bits per heavy atom. The van der Waals surface area contributed by atoms with Gasteiger partial charge in [-0.2, -0.15) is 8.42 Å². The molecule has 4 heteroatoms. The predicted molar refractivity (Wildman–Crippen MR) is 44.8 cm³/mol. The van der Waals surface area contributed by atoms with Crippen molar-refractivity contribution in [3.63, 3.8) is 0 Å². The minimum atomic E-state index is -3.28. The van der Waals surface area contributed by atoms with Gasteiger partial charge in [0.15, 0.2) is 0 Å². The Balaban J connectivity index is 3.98. The Bertz CT molecular complexity index is 196. The summed E-state index contributed by atoms with van der Waals surface area (Å²) < 4.78 is 26.0. The monoisotopic (exact) mass is 180 g/mol. The molecule has 0 amide bonds. The normalized spacial score (nSPS) is 17.8. The van der Waals surface area contributed by atoms with Crippen molar-refractivity contribution >= 4 is 10.1 Å². The Kier molecular flexibility index (Phi) is 4.03. The van der Waals surface area contributed by atoms with Crippen LogP contribution in [-0.4, -0.2) is 20.8 Å². The van der Waals surface area contributed by atoms with Crippen molar-refractivity contribution < 1.29 is 12.6 Å². The fourth-order valence-electron chi connectivity index (χ4n) is 0.702. The quantitative estimate of drug-likeness (QED) is 0.614. The molecule has 0 radical (unpaired) electrons. The lowest BCUT2D eigenvalue weighted by Gasteiger charge is -2.16. The Labute approximate surface area is 68.9 Å². The molecule has 0 saturated heterocycles. The van der Waals surface area contributed by atoms with Crippen molar-refractivity contribution in [2.45, 2.75) is 33.3 Å². The van der Waals surface area contributed by atoms with Crippen LogP contribution in [0.15, 0.2) is 0 Å². The molecule has 0 aliphatic heterocycles. The average Bonchev–Trinajstić information content (AvgIpc) is 1.82. The van der Waals surface area contributed by atoms with E-state index in [0.717, 1.165) is 12.7 Å². The third-order valence-electron chi connectivity index (χ3n) is 1.77. The molecule has 0 heterocycles. The van der Waals surface area contributed by atoms with Gasteiger partial charge in [0.2, 0.25) is 0 Å². The fourth-order valence-corrected chi connectivity index (χ4v) is 1.44. The minimum absolute atomic E-state index is 0.213. The van der Waals surface area contributed by atoms with Gasteiger partial charge in [0.1, 0.15) is 0 Å².